The SMILES string of the molecule is O=C(N[C@@H]1CCC[C@@H](C2CC2)C1)[C@@]12CC[C@@H](C[C@@H]1Br)C2. The van der Waals surface area contributed by atoms with Crippen molar-refractivity contribution in [2.75, 3.05) is 0 Å². The molecule has 2 nitrogen and oxygen atoms in total. The number of carbonyl (C=O) groups excluding carboxylic acids is 1. The molecule has 1 N–H and O–H groups in total. The first kappa shape index (κ1) is 13.6. The lowest BCUT2D eigenvalue weighted by Crippen LogP contribution is -2.48. The molecule has 0 radical (unpaired) electrons. The first-order valence-electron chi connectivity index (χ1n) is 8.62. The number of halogens is 1. The van der Waals surface area contributed by atoms with Gasteiger partial charge in [-0.05, 0) is 69.1 Å². The van der Waals surface area contributed by atoms with Gasteiger partial charge in [0.15, 0.2) is 0 Å². The molecule has 0 aromatic heterocycles. The monoisotopic (exact) mass is 339 g/mol. The lowest BCUT2D eigenvalue weighted by Gasteiger charge is -2.35. The second-order valence-corrected chi connectivity index (χ2v) is 9.01. The summed E-state index contributed by atoms with van der Waals surface area (Å²) >= 11 is 3.80. The third-order valence-corrected chi connectivity index (χ3v) is 7.83. The summed E-state index contributed by atoms with van der Waals surface area (Å²) in [5.74, 6) is 3.09. The highest BCUT2D eigenvalue weighted by Gasteiger charge is 2.56. The molecule has 4 rings (SSSR count). The molecule has 0 saturated heterocycles. The van der Waals surface area contributed by atoms with Crippen molar-refractivity contribution in [1.29, 1.82) is 0 Å². The maximum Gasteiger partial charge on any atom is 0.227 e. The summed E-state index contributed by atoms with van der Waals surface area (Å²) in [6.45, 7) is 0. The van der Waals surface area contributed by atoms with Crippen LogP contribution >= 0.6 is 15.9 Å². The Labute approximate surface area is 130 Å². The topological polar surface area (TPSA) is 29.1 Å². The van der Waals surface area contributed by atoms with Crippen LogP contribution < -0.4 is 5.32 Å². The minimum atomic E-state index is -0.0583. The van der Waals surface area contributed by atoms with Crippen LogP contribution in [-0.4, -0.2) is 16.8 Å². The average Bonchev–Trinajstić information content (AvgIpc) is 3.13. The Morgan fingerprint density at radius 1 is 1.05 bits per heavy atom. The minimum Gasteiger partial charge on any atom is -0.353 e. The Morgan fingerprint density at radius 3 is 2.55 bits per heavy atom. The summed E-state index contributed by atoms with van der Waals surface area (Å²) in [6, 6.07) is 0.468. The first-order valence-corrected chi connectivity index (χ1v) is 9.54. The van der Waals surface area contributed by atoms with Gasteiger partial charge in [-0.15, -0.1) is 0 Å². The van der Waals surface area contributed by atoms with E-state index in [1.54, 1.807) is 0 Å². The Morgan fingerprint density at radius 2 is 1.90 bits per heavy atom. The van der Waals surface area contributed by atoms with E-state index < -0.39 is 0 Å². The zero-order valence-electron chi connectivity index (χ0n) is 12.2. The summed E-state index contributed by atoms with van der Waals surface area (Å²) in [5, 5.41) is 3.45. The molecule has 0 heterocycles. The van der Waals surface area contributed by atoms with Crippen LogP contribution in [0.4, 0.5) is 0 Å². The molecule has 0 aromatic rings. The maximum atomic E-state index is 12.9. The third kappa shape index (κ3) is 2.24. The van der Waals surface area contributed by atoms with E-state index in [9.17, 15) is 4.79 Å². The Bertz CT molecular complexity index is 408. The number of carbonyl (C=O) groups is 1. The number of hydrogen-bond donors (Lipinski definition) is 1. The van der Waals surface area contributed by atoms with E-state index in [0.29, 0.717) is 16.8 Å². The number of fused-ring (bicyclic) bond motifs is 2. The quantitative estimate of drug-likeness (QED) is 0.773. The van der Waals surface area contributed by atoms with Crippen LogP contribution in [0.3, 0.4) is 0 Å². The van der Waals surface area contributed by atoms with Crippen LogP contribution in [0.25, 0.3) is 0 Å². The van der Waals surface area contributed by atoms with Crippen LogP contribution in [0.5, 0.6) is 0 Å². The van der Waals surface area contributed by atoms with Crippen LogP contribution in [-0.2, 0) is 4.79 Å². The van der Waals surface area contributed by atoms with Gasteiger partial charge < -0.3 is 5.32 Å². The highest BCUT2D eigenvalue weighted by molar-refractivity contribution is 9.09. The van der Waals surface area contributed by atoms with Gasteiger partial charge in [-0.25, -0.2) is 0 Å². The van der Waals surface area contributed by atoms with Gasteiger partial charge in [0, 0.05) is 10.9 Å². The summed E-state index contributed by atoms with van der Waals surface area (Å²) in [4.78, 5) is 13.3. The highest BCUT2D eigenvalue weighted by atomic mass is 79.9. The zero-order valence-corrected chi connectivity index (χ0v) is 13.8. The summed E-state index contributed by atoms with van der Waals surface area (Å²) in [7, 11) is 0. The Balaban J connectivity index is 1.39. The molecule has 0 spiro atoms. The van der Waals surface area contributed by atoms with Crippen molar-refractivity contribution in [3.8, 4) is 0 Å². The molecule has 5 atom stereocenters. The van der Waals surface area contributed by atoms with E-state index in [-0.39, 0.29) is 5.41 Å². The largest absolute Gasteiger partial charge is 0.353 e. The molecule has 3 heteroatoms. The fourth-order valence-electron chi connectivity index (χ4n) is 5.22. The van der Waals surface area contributed by atoms with E-state index in [1.807, 2.05) is 0 Å². The first-order chi connectivity index (χ1) is 9.67. The van der Waals surface area contributed by atoms with Gasteiger partial charge in [-0.3, -0.25) is 4.79 Å². The van der Waals surface area contributed by atoms with Crippen LogP contribution in [0.15, 0.2) is 0 Å². The zero-order chi connectivity index (χ0) is 13.7. The Kier molecular flexibility index (Phi) is 3.40. The molecule has 112 valence electrons. The fourth-order valence-corrected chi connectivity index (χ4v) is 6.37. The van der Waals surface area contributed by atoms with Crippen molar-refractivity contribution >= 4 is 21.8 Å². The van der Waals surface area contributed by atoms with Crippen LogP contribution in [0.2, 0.25) is 0 Å². The number of nitrogens with one attached hydrogen (secondary N) is 1. The van der Waals surface area contributed by atoms with E-state index in [2.05, 4.69) is 21.2 Å². The summed E-state index contributed by atoms with van der Waals surface area (Å²) < 4.78 is 0. The average molecular weight is 340 g/mol. The molecule has 0 aromatic carbocycles. The second kappa shape index (κ2) is 5.00. The lowest BCUT2D eigenvalue weighted by molar-refractivity contribution is -0.131. The summed E-state index contributed by atoms with van der Waals surface area (Å²) in [6.07, 6.45) is 12.8. The normalized spacial score (nSPS) is 47.5. The van der Waals surface area contributed by atoms with Gasteiger partial charge in [-0.2, -0.15) is 0 Å². The number of amides is 1. The molecule has 20 heavy (non-hydrogen) atoms. The van der Waals surface area contributed by atoms with Gasteiger partial charge in [0.25, 0.3) is 0 Å². The van der Waals surface area contributed by atoms with Crippen molar-refractivity contribution in [3.63, 3.8) is 0 Å². The third-order valence-electron chi connectivity index (χ3n) is 6.58. The van der Waals surface area contributed by atoms with Gasteiger partial charge in [0.2, 0.25) is 5.91 Å². The number of alkyl halides is 1. The molecule has 0 unspecified atom stereocenters. The molecule has 2 bridgehead atoms. The second-order valence-electron chi connectivity index (χ2n) is 7.90. The van der Waals surface area contributed by atoms with Gasteiger partial charge in [0.05, 0.1) is 5.41 Å². The van der Waals surface area contributed by atoms with Crippen molar-refractivity contribution in [2.45, 2.75) is 75.1 Å². The number of rotatable bonds is 3. The Hall–Kier alpha value is -0.0500. The predicted octanol–water partition coefficient (Wildman–Crippen LogP) is 4.03. The predicted molar refractivity (Wildman–Crippen MR) is 83.7 cm³/mol. The van der Waals surface area contributed by atoms with Crippen molar-refractivity contribution in [1.82, 2.24) is 5.32 Å². The van der Waals surface area contributed by atoms with Crippen LogP contribution in [0.1, 0.15) is 64.2 Å². The molecule has 4 saturated carbocycles. The molecule has 0 aliphatic heterocycles. The van der Waals surface area contributed by atoms with E-state index in [1.165, 1.54) is 51.4 Å². The number of hydrogen-bond acceptors (Lipinski definition) is 1. The fraction of sp³-hybridized carbons (Fsp3) is 0.941. The van der Waals surface area contributed by atoms with E-state index >= 15 is 0 Å². The molecular formula is C17H26BrNO. The van der Waals surface area contributed by atoms with E-state index in [0.717, 1.165) is 30.6 Å². The minimum absolute atomic E-state index is 0.0583. The molecule has 4 aliphatic carbocycles. The molecule has 4 fully saturated rings. The highest BCUT2D eigenvalue weighted by Crippen LogP contribution is 2.57. The smallest absolute Gasteiger partial charge is 0.227 e. The van der Waals surface area contributed by atoms with Crippen molar-refractivity contribution < 1.29 is 4.79 Å². The van der Waals surface area contributed by atoms with Gasteiger partial charge in [-0.1, -0.05) is 28.8 Å². The van der Waals surface area contributed by atoms with Crippen LogP contribution in [0, 0.1) is 23.2 Å². The maximum absolute atomic E-state index is 12.9. The molecule has 1 amide bonds. The van der Waals surface area contributed by atoms with Gasteiger partial charge >= 0.3 is 0 Å². The van der Waals surface area contributed by atoms with Crippen molar-refractivity contribution in [3.05, 3.63) is 0 Å². The van der Waals surface area contributed by atoms with E-state index in [4.69, 9.17) is 0 Å². The summed E-state index contributed by atoms with van der Waals surface area (Å²) in [5.41, 5.74) is -0.0583. The van der Waals surface area contributed by atoms with Gasteiger partial charge in [0.1, 0.15) is 0 Å². The molecule has 4 aliphatic rings. The molecular weight excluding hydrogens is 314 g/mol. The standard InChI is InChI=1S/C17H26BrNO/c18-15-8-11-6-7-17(15,10-11)16(20)19-14-3-1-2-13(9-14)12-4-5-12/h11-15H,1-10H2,(H,19,20)/t11-,13+,14+,15-,17+/m0/s1. The van der Waals surface area contributed by atoms with Crippen molar-refractivity contribution in [2.24, 2.45) is 23.2 Å². The lowest BCUT2D eigenvalue weighted by atomic mass is 9.80.